The van der Waals surface area contributed by atoms with Gasteiger partial charge in [-0.3, -0.25) is 14.6 Å². The van der Waals surface area contributed by atoms with Crippen LogP contribution < -0.4 is 5.56 Å². The topological polar surface area (TPSA) is 50.9 Å². The average molecular weight is 398 g/mol. The predicted molar refractivity (Wildman–Crippen MR) is 111 cm³/mol. The number of rotatable bonds is 4. The van der Waals surface area contributed by atoms with E-state index in [1.54, 1.807) is 0 Å². The number of pyridine rings is 1. The maximum atomic E-state index is 13.3. The molecule has 156 valence electrons. The first-order valence-corrected chi connectivity index (χ1v) is 11.0. The SMILES string of the molecule is Cc1ccc(CN2C[C@@H]3C[C@H](C2)c2ccc(CN4CCCOCC4)c(=O)n2C3)o1. The highest BCUT2D eigenvalue weighted by atomic mass is 16.5. The molecule has 2 saturated heterocycles. The number of piperidine rings is 1. The van der Waals surface area contributed by atoms with Crippen molar-refractivity contribution in [3.8, 4) is 0 Å². The molecule has 0 aliphatic carbocycles. The molecule has 6 heteroatoms. The summed E-state index contributed by atoms with van der Waals surface area (Å²) in [6.07, 6.45) is 2.23. The number of aromatic nitrogens is 1. The molecule has 2 bridgehead atoms. The summed E-state index contributed by atoms with van der Waals surface area (Å²) in [4.78, 5) is 18.1. The highest BCUT2D eigenvalue weighted by molar-refractivity contribution is 5.22. The van der Waals surface area contributed by atoms with E-state index >= 15 is 0 Å². The molecule has 3 aliphatic rings. The lowest BCUT2D eigenvalue weighted by atomic mass is 9.83. The summed E-state index contributed by atoms with van der Waals surface area (Å²) in [5, 5.41) is 0. The normalized spacial score (nSPS) is 25.6. The number of hydrogen-bond donors (Lipinski definition) is 0. The smallest absolute Gasteiger partial charge is 0.255 e. The summed E-state index contributed by atoms with van der Waals surface area (Å²) in [5.41, 5.74) is 2.37. The molecule has 5 rings (SSSR count). The van der Waals surface area contributed by atoms with E-state index in [0.717, 1.165) is 82.5 Å². The van der Waals surface area contributed by atoms with Crippen molar-refractivity contribution in [1.82, 2.24) is 14.4 Å². The molecular weight excluding hydrogens is 366 g/mol. The Labute approximate surface area is 172 Å². The van der Waals surface area contributed by atoms with E-state index in [1.165, 1.54) is 12.1 Å². The zero-order valence-corrected chi connectivity index (χ0v) is 17.3. The summed E-state index contributed by atoms with van der Waals surface area (Å²) < 4.78 is 13.4. The van der Waals surface area contributed by atoms with Gasteiger partial charge >= 0.3 is 0 Å². The molecular formula is C23H31N3O3. The van der Waals surface area contributed by atoms with E-state index in [4.69, 9.17) is 9.15 Å². The van der Waals surface area contributed by atoms with Gasteiger partial charge in [-0.25, -0.2) is 0 Å². The summed E-state index contributed by atoms with van der Waals surface area (Å²) in [7, 11) is 0. The van der Waals surface area contributed by atoms with E-state index in [0.29, 0.717) is 11.8 Å². The van der Waals surface area contributed by atoms with E-state index in [1.807, 2.05) is 13.0 Å². The van der Waals surface area contributed by atoms with Crippen LogP contribution in [0.4, 0.5) is 0 Å². The molecule has 0 N–H and O–H groups in total. The van der Waals surface area contributed by atoms with Gasteiger partial charge in [0, 0.05) is 63.1 Å². The third kappa shape index (κ3) is 4.06. The molecule has 6 nitrogen and oxygen atoms in total. The predicted octanol–water partition coefficient (Wildman–Crippen LogP) is 2.59. The number of hydrogen-bond acceptors (Lipinski definition) is 5. The fraction of sp³-hybridized carbons (Fsp3) is 0.609. The summed E-state index contributed by atoms with van der Waals surface area (Å²) in [6.45, 7) is 9.98. The molecule has 0 aromatic carbocycles. The maximum Gasteiger partial charge on any atom is 0.255 e. The largest absolute Gasteiger partial charge is 0.465 e. The number of nitrogens with zero attached hydrogens (tertiary/aromatic N) is 3. The van der Waals surface area contributed by atoms with Crippen molar-refractivity contribution in [2.75, 3.05) is 39.4 Å². The van der Waals surface area contributed by atoms with Crippen LogP contribution in [0.15, 0.2) is 33.5 Å². The molecule has 0 spiro atoms. The van der Waals surface area contributed by atoms with Crippen molar-refractivity contribution in [1.29, 1.82) is 0 Å². The monoisotopic (exact) mass is 397 g/mol. The Kier molecular flexibility index (Phi) is 5.33. The van der Waals surface area contributed by atoms with Gasteiger partial charge in [-0.2, -0.15) is 0 Å². The van der Waals surface area contributed by atoms with Crippen molar-refractivity contribution in [2.45, 2.75) is 45.3 Å². The van der Waals surface area contributed by atoms with E-state index in [9.17, 15) is 4.79 Å². The van der Waals surface area contributed by atoms with Gasteiger partial charge in [-0.05, 0) is 43.9 Å². The van der Waals surface area contributed by atoms with Crippen molar-refractivity contribution in [3.05, 3.63) is 57.4 Å². The molecule has 3 aliphatic heterocycles. The van der Waals surface area contributed by atoms with Gasteiger partial charge < -0.3 is 13.7 Å². The lowest BCUT2D eigenvalue weighted by molar-refractivity contribution is 0.107. The highest BCUT2D eigenvalue weighted by Gasteiger charge is 2.35. The molecule has 0 saturated carbocycles. The molecule has 0 unspecified atom stereocenters. The van der Waals surface area contributed by atoms with Crippen LogP contribution in [-0.4, -0.2) is 53.8 Å². The Balaban J connectivity index is 1.33. The zero-order valence-electron chi connectivity index (χ0n) is 17.3. The van der Waals surface area contributed by atoms with Gasteiger partial charge in [-0.15, -0.1) is 0 Å². The van der Waals surface area contributed by atoms with Crippen LogP contribution in [0.1, 0.15) is 41.5 Å². The number of ether oxygens (including phenoxy) is 1. The van der Waals surface area contributed by atoms with Gasteiger partial charge in [0.1, 0.15) is 11.5 Å². The van der Waals surface area contributed by atoms with Crippen molar-refractivity contribution in [3.63, 3.8) is 0 Å². The first-order valence-electron chi connectivity index (χ1n) is 11.0. The van der Waals surface area contributed by atoms with Crippen molar-refractivity contribution in [2.24, 2.45) is 5.92 Å². The Hall–Kier alpha value is -1.89. The number of aryl methyl sites for hydroxylation is 1. The van der Waals surface area contributed by atoms with Crippen LogP contribution in [0.2, 0.25) is 0 Å². The van der Waals surface area contributed by atoms with Gasteiger partial charge in [0.05, 0.1) is 13.2 Å². The lowest BCUT2D eigenvalue weighted by Gasteiger charge is -2.42. The minimum Gasteiger partial charge on any atom is -0.465 e. The van der Waals surface area contributed by atoms with Gasteiger partial charge in [-0.1, -0.05) is 6.07 Å². The standard InChI is InChI=1S/C23H31N3O3/c1-17-3-5-21(29-17)16-25-12-18-11-20(15-25)22-6-4-19(23(27)26(22)13-18)14-24-7-2-9-28-10-8-24/h3-6,18,20H,2,7-16H2,1H3/t18-,20+/m0/s1. The van der Waals surface area contributed by atoms with Gasteiger partial charge in [0.2, 0.25) is 0 Å². The molecule has 2 atom stereocenters. The lowest BCUT2D eigenvalue weighted by Crippen LogP contribution is -2.47. The van der Waals surface area contributed by atoms with E-state index in [-0.39, 0.29) is 5.56 Å². The van der Waals surface area contributed by atoms with Gasteiger partial charge in [0.15, 0.2) is 0 Å². The Morgan fingerprint density at radius 3 is 2.79 bits per heavy atom. The van der Waals surface area contributed by atoms with Crippen LogP contribution >= 0.6 is 0 Å². The average Bonchev–Trinajstić information content (AvgIpc) is 2.95. The number of likely N-dealkylation sites (tertiary alicyclic amines) is 1. The molecule has 0 radical (unpaired) electrons. The quantitative estimate of drug-likeness (QED) is 0.794. The third-order valence-corrected chi connectivity index (χ3v) is 6.64. The van der Waals surface area contributed by atoms with E-state index < -0.39 is 0 Å². The number of furan rings is 1. The number of fused-ring (bicyclic) bond motifs is 4. The fourth-order valence-electron chi connectivity index (χ4n) is 5.33. The second kappa shape index (κ2) is 8.09. The molecule has 2 fully saturated rings. The first kappa shape index (κ1) is 19.1. The third-order valence-electron chi connectivity index (χ3n) is 6.64. The van der Waals surface area contributed by atoms with Crippen molar-refractivity contribution >= 4 is 0 Å². The van der Waals surface area contributed by atoms with Crippen LogP contribution in [-0.2, 0) is 24.4 Å². The second-order valence-electron chi connectivity index (χ2n) is 8.95. The van der Waals surface area contributed by atoms with Crippen molar-refractivity contribution < 1.29 is 9.15 Å². The second-order valence-corrected chi connectivity index (χ2v) is 8.95. The minimum atomic E-state index is 0.220. The summed E-state index contributed by atoms with van der Waals surface area (Å²) in [5.74, 6) is 2.98. The van der Waals surface area contributed by atoms with Crippen LogP contribution in [0.3, 0.4) is 0 Å². The fourth-order valence-corrected chi connectivity index (χ4v) is 5.33. The molecule has 2 aromatic rings. The first-order chi connectivity index (χ1) is 14.2. The molecule has 29 heavy (non-hydrogen) atoms. The summed E-state index contributed by atoms with van der Waals surface area (Å²) >= 11 is 0. The maximum absolute atomic E-state index is 13.3. The highest BCUT2D eigenvalue weighted by Crippen LogP contribution is 2.35. The zero-order chi connectivity index (χ0) is 19.8. The van der Waals surface area contributed by atoms with Crippen LogP contribution in [0.5, 0.6) is 0 Å². The minimum absolute atomic E-state index is 0.220. The van der Waals surface area contributed by atoms with Gasteiger partial charge in [0.25, 0.3) is 5.56 Å². The molecule has 2 aromatic heterocycles. The van der Waals surface area contributed by atoms with E-state index in [2.05, 4.69) is 32.6 Å². The molecule has 0 amide bonds. The molecule has 5 heterocycles. The van der Waals surface area contributed by atoms with Crippen LogP contribution in [0, 0.1) is 12.8 Å². The van der Waals surface area contributed by atoms with Crippen LogP contribution in [0.25, 0.3) is 0 Å². The Morgan fingerprint density at radius 1 is 1.00 bits per heavy atom. The summed E-state index contributed by atoms with van der Waals surface area (Å²) in [6, 6.07) is 8.41. The Bertz CT molecular complexity index is 910. The Morgan fingerprint density at radius 2 is 1.93 bits per heavy atom.